The van der Waals surface area contributed by atoms with Gasteiger partial charge in [0.1, 0.15) is 5.82 Å². The molecule has 4 heteroatoms. The van der Waals surface area contributed by atoms with Crippen molar-refractivity contribution >= 4 is 27.7 Å². The summed E-state index contributed by atoms with van der Waals surface area (Å²) in [6, 6.07) is 3.73. The average molecular weight is 269 g/mol. The van der Waals surface area contributed by atoms with Gasteiger partial charge >= 0.3 is 0 Å². The van der Waals surface area contributed by atoms with E-state index in [1.165, 1.54) is 0 Å². The molecule has 2 rings (SSSR count). The number of hydrogen-bond donors (Lipinski definition) is 0. The van der Waals surface area contributed by atoms with Gasteiger partial charge in [-0.05, 0) is 40.4 Å². The van der Waals surface area contributed by atoms with E-state index in [0.717, 1.165) is 10.9 Å². The predicted octanol–water partition coefficient (Wildman–Crippen LogP) is 2.46. The Bertz CT molecular complexity index is 394. The topological polar surface area (TPSA) is 33.2 Å². The van der Waals surface area contributed by atoms with Crippen LogP contribution in [-0.2, 0) is 4.79 Å². The molecule has 1 saturated carbocycles. The van der Waals surface area contributed by atoms with Crippen LogP contribution in [0.15, 0.2) is 22.8 Å². The first-order valence-electron chi connectivity index (χ1n) is 4.99. The van der Waals surface area contributed by atoms with Crippen LogP contribution in [0.4, 0.5) is 5.82 Å². The Morgan fingerprint density at radius 2 is 2.33 bits per heavy atom. The summed E-state index contributed by atoms with van der Waals surface area (Å²) in [6.07, 6.45) is 2.70. The van der Waals surface area contributed by atoms with E-state index in [4.69, 9.17) is 0 Å². The predicted molar refractivity (Wildman–Crippen MR) is 62.6 cm³/mol. The molecule has 1 fully saturated rings. The van der Waals surface area contributed by atoms with Crippen molar-refractivity contribution in [2.45, 2.75) is 13.3 Å². The Hall–Kier alpha value is -0.900. The fourth-order valence-electron chi connectivity index (χ4n) is 1.64. The lowest BCUT2D eigenvalue weighted by Gasteiger charge is -2.17. The van der Waals surface area contributed by atoms with E-state index in [-0.39, 0.29) is 11.8 Å². The van der Waals surface area contributed by atoms with Gasteiger partial charge in [0.15, 0.2) is 0 Å². The van der Waals surface area contributed by atoms with Gasteiger partial charge in [0, 0.05) is 19.2 Å². The minimum atomic E-state index is 0.168. The molecular weight excluding hydrogens is 256 g/mol. The maximum atomic E-state index is 11.9. The van der Waals surface area contributed by atoms with Gasteiger partial charge in [0.2, 0.25) is 5.91 Å². The molecule has 15 heavy (non-hydrogen) atoms. The van der Waals surface area contributed by atoms with Crippen molar-refractivity contribution in [3.8, 4) is 0 Å². The van der Waals surface area contributed by atoms with Crippen LogP contribution in [0.1, 0.15) is 13.3 Å². The summed E-state index contributed by atoms with van der Waals surface area (Å²) in [5.41, 5.74) is 0. The van der Waals surface area contributed by atoms with Crippen molar-refractivity contribution in [1.29, 1.82) is 0 Å². The summed E-state index contributed by atoms with van der Waals surface area (Å²) in [4.78, 5) is 17.8. The second-order valence-electron chi connectivity index (χ2n) is 4.03. The highest BCUT2D eigenvalue weighted by atomic mass is 79.9. The van der Waals surface area contributed by atoms with E-state index in [1.807, 2.05) is 12.1 Å². The van der Waals surface area contributed by atoms with E-state index in [0.29, 0.717) is 11.7 Å². The Morgan fingerprint density at radius 1 is 1.67 bits per heavy atom. The lowest BCUT2D eigenvalue weighted by molar-refractivity contribution is -0.119. The fourth-order valence-corrected chi connectivity index (χ4v) is 2.16. The minimum Gasteiger partial charge on any atom is -0.299 e. The van der Waals surface area contributed by atoms with Crippen molar-refractivity contribution in [2.24, 2.45) is 11.8 Å². The van der Waals surface area contributed by atoms with Gasteiger partial charge in [-0.15, -0.1) is 0 Å². The molecule has 3 nitrogen and oxygen atoms in total. The quantitative estimate of drug-likeness (QED) is 0.826. The van der Waals surface area contributed by atoms with Gasteiger partial charge in [0.25, 0.3) is 0 Å². The first-order chi connectivity index (χ1) is 7.11. The van der Waals surface area contributed by atoms with Crippen LogP contribution in [0, 0.1) is 11.8 Å². The van der Waals surface area contributed by atoms with Crippen LogP contribution in [0.3, 0.4) is 0 Å². The van der Waals surface area contributed by atoms with E-state index >= 15 is 0 Å². The van der Waals surface area contributed by atoms with Crippen molar-refractivity contribution in [3.63, 3.8) is 0 Å². The van der Waals surface area contributed by atoms with Gasteiger partial charge in [0.05, 0.1) is 4.47 Å². The molecule has 1 amide bonds. The van der Waals surface area contributed by atoms with Crippen LogP contribution >= 0.6 is 15.9 Å². The number of carbonyl (C=O) groups excluding carboxylic acids is 1. The number of carbonyl (C=O) groups is 1. The van der Waals surface area contributed by atoms with Crippen molar-refractivity contribution in [2.75, 3.05) is 11.9 Å². The number of aromatic nitrogens is 1. The fraction of sp³-hybridized carbons (Fsp3) is 0.455. The number of rotatable bonds is 2. The molecule has 80 valence electrons. The van der Waals surface area contributed by atoms with Gasteiger partial charge < -0.3 is 0 Å². The highest BCUT2D eigenvalue weighted by molar-refractivity contribution is 9.10. The molecule has 0 N–H and O–H groups in total. The second-order valence-corrected chi connectivity index (χ2v) is 4.88. The molecule has 1 aliphatic rings. The Labute approximate surface area is 97.6 Å². The number of pyridine rings is 1. The normalized spacial score (nSPS) is 23.7. The van der Waals surface area contributed by atoms with Gasteiger partial charge in [-0.25, -0.2) is 4.98 Å². The minimum absolute atomic E-state index is 0.168. The Kier molecular flexibility index (Phi) is 2.78. The third kappa shape index (κ3) is 2.04. The molecule has 0 radical (unpaired) electrons. The Balaban J connectivity index is 2.17. The van der Waals surface area contributed by atoms with E-state index in [2.05, 4.69) is 27.8 Å². The molecule has 0 saturated heterocycles. The third-order valence-corrected chi connectivity index (χ3v) is 3.43. The van der Waals surface area contributed by atoms with Crippen LogP contribution in [0.2, 0.25) is 0 Å². The molecule has 1 aromatic rings. The molecule has 0 unspecified atom stereocenters. The first kappa shape index (κ1) is 10.6. The molecule has 2 atom stereocenters. The van der Waals surface area contributed by atoms with Gasteiger partial charge in [-0.1, -0.05) is 6.92 Å². The van der Waals surface area contributed by atoms with E-state index in [1.54, 1.807) is 18.1 Å². The van der Waals surface area contributed by atoms with Crippen LogP contribution in [0.25, 0.3) is 0 Å². The first-order valence-corrected chi connectivity index (χ1v) is 5.78. The van der Waals surface area contributed by atoms with Crippen molar-refractivity contribution in [1.82, 2.24) is 4.98 Å². The molecular formula is C11H13BrN2O. The summed E-state index contributed by atoms with van der Waals surface area (Å²) >= 11 is 3.39. The maximum Gasteiger partial charge on any atom is 0.231 e. The molecule has 1 aliphatic carbocycles. The highest BCUT2D eigenvalue weighted by Gasteiger charge is 2.41. The number of nitrogens with zero attached hydrogens (tertiary/aromatic N) is 2. The van der Waals surface area contributed by atoms with E-state index < -0.39 is 0 Å². The lowest BCUT2D eigenvalue weighted by atomic mass is 10.3. The summed E-state index contributed by atoms with van der Waals surface area (Å²) in [6.45, 7) is 2.10. The summed E-state index contributed by atoms with van der Waals surface area (Å²) in [7, 11) is 1.78. The Morgan fingerprint density at radius 3 is 2.87 bits per heavy atom. The molecule has 0 aliphatic heterocycles. The standard InChI is InChI=1S/C11H13BrN2O/c1-7-6-8(7)11(15)14(2)10-9(12)4-3-5-13-10/h3-5,7-8H,6H2,1-2H3/t7-,8+/m0/s1. The van der Waals surface area contributed by atoms with Crippen molar-refractivity contribution in [3.05, 3.63) is 22.8 Å². The zero-order chi connectivity index (χ0) is 11.0. The number of hydrogen-bond acceptors (Lipinski definition) is 2. The molecule has 1 aromatic heterocycles. The largest absolute Gasteiger partial charge is 0.299 e. The third-order valence-electron chi connectivity index (χ3n) is 2.81. The summed E-state index contributed by atoms with van der Waals surface area (Å²) < 4.78 is 0.856. The molecule has 0 aromatic carbocycles. The molecule has 0 spiro atoms. The van der Waals surface area contributed by atoms with E-state index in [9.17, 15) is 4.79 Å². The summed E-state index contributed by atoms with van der Waals surface area (Å²) in [5.74, 6) is 1.59. The lowest BCUT2D eigenvalue weighted by Crippen LogP contribution is -2.29. The zero-order valence-electron chi connectivity index (χ0n) is 8.77. The van der Waals surface area contributed by atoms with Crippen LogP contribution in [-0.4, -0.2) is 17.9 Å². The smallest absolute Gasteiger partial charge is 0.231 e. The molecule has 1 heterocycles. The summed E-state index contributed by atoms with van der Waals surface area (Å²) in [5, 5.41) is 0. The van der Waals surface area contributed by atoms with Gasteiger partial charge in [-0.3, -0.25) is 9.69 Å². The number of amides is 1. The SMILES string of the molecule is C[C@H]1C[C@H]1C(=O)N(C)c1ncccc1Br. The monoisotopic (exact) mass is 268 g/mol. The van der Waals surface area contributed by atoms with Gasteiger partial charge in [-0.2, -0.15) is 0 Å². The molecule has 0 bridgehead atoms. The number of halogens is 1. The zero-order valence-corrected chi connectivity index (χ0v) is 10.4. The highest BCUT2D eigenvalue weighted by Crippen LogP contribution is 2.40. The average Bonchev–Trinajstić information content (AvgIpc) is 2.94. The second kappa shape index (κ2) is 3.93. The maximum absolute atomic E-state index is 11.9. The van der Waals surface area contributed by atoms with Crippen LogP contribution < -0.4 is 4.90 Å². The number of anilines is 1. The van der Waals surface area contributed by atoms with Crippen LogP contribution in [0.5, 0.6) is 0 Å². The van der Waals surface area contributed by atoms with Crippen molar-refractivity contribution < 1.29 is 4.79 Å².